The van der Waals surface area contributed by atoms with Crippen molar-refractivity contribution in [3.05, 3.63) is 65.5 Å². The molecular weight excluding hydrogens is 507 g/mol. The average molecular weight is 540 g/mol. The molecule has 3 N–H and O–H groups in total. The fourth-order valence-corrected chi connectivity index (χ4v) is 4.86. The van der Waals surface area contributed by atoms with E-state index in [2.05, 4.69) is 20.9 Å². The summed E-state index contributed by atoms with van der Waals surface area (Å²) >= 11 is 0. The number of benzene rings is 2. The maximum atomic E-state index is 12.9. The van der Waals surface area contributed by atoms with Crippen LogP contribution in [0.15, 0.2) is 60.0 Å². The number of carbonyl (C=O) groups excluding carboxylic acids is 1. The molecule has 0 saturated heterocycles. The number of ether oxygens (including phenoxy) is 1. The lowest BCUT2D eigenvalue weighted by atomic mass is 9.94. The molecule has 0 spiro atoms. The first-order chi connectivity index (χ1) is 18.6. The number of fused-ring (bicyclic) bond motifs is 1. The third-order valence-electron chi connectivity index (χ3n) is 7.16. The summed E-state index contributed by atoms with van der Waals surface area (Å²) < 4.78 is 46.1. The Labute approximate surface area is 225 Å². The Balaban J connectivity index is 1.47. The van der Waals surface area contributed by atoms with Gasteiger partial charge in [0.2, 0.25) is 0 Å². The number of amides is 1. The fraction of sp³-hybridized carbons (Fsp3) is 0.379. The second-order valence-corrected chi connectivity index (χ2v) is 10.2. The van der Waals surface area contributed by atoms with E-state index in [9.17, 15) is 18.0 Å². The molecule has 1 saturated carbocycles. The number of aromatic nitrogens is 2. The zero-order chi connectivity index (χ0) is 27.7. The monoisotopic (exact) mass is 539 g/mol. The van der Waals surface area contributed by atoms with Crippen LogP contribution in [0.1, 0.15) is 44.2 Å². The van der Waals surface area contributed by atoms with Crippen molar-refractivity contribution in [2.75, 3.05) is 24.3 Å². The van der Waals surface area contributed by atoms with E-state index in [1.165, 1.54) is 0 Å². The number of halogens is 3. The second-order valence-electron chi connectivity index (χ2n) is 10.2. The normalized spacial score (nSPS) is 17.4. The van der Waals surface area contributed by atoms with E-state index in [4.69, 9.17) is 4.74 Å². The molecule has 2 aliphatic carbocycles. The predicted molar refractivity (Wildman–Crippen MR) is 147 cm³/mol. The summed E-state index contributed by atoms with van der Waals surface area (Å²) in [5.41, 5.74) is 5.96. The van der Waals surface area contributed by atoms with E-state index in [0.29, 0.717) is 28.9 Å². The maximum absolute atomic E-state index is 12.9. The smallest absolute Gasteiger partial charge is 0.390 e. The number of carbonyl (C=O) groups is 1. The summed E-state index contributed by atoms with van der Waals surface area (Å²) in [6, 6.07) is 9.57. The zero-order valence-electron chi connectivity index (χ0n) is 22.2. The van der Waals surface area contributed by atoms with Crippen molar-refractivity contribution >= 4 is 34.0 Å². The third-order valence-corrected chi connectivity index (χ3v) is 7.16. The number of imidazole rings is 1. The molecule has 10 heteroatoms. The van der Waals surface area contributed by atoms with Gasteiger partial charge in [0.25, 0.3) is 5.91 Å². The van der Waals surface area contributed by atoms with E-state index < -0.39 is 12.6 Å². The Kier molecular flexibility index (Phi) is 7.29. The molecule has 0 bridgehead atoms. The number of anilines is 3. The lowest BCUT2D eigenvalue weighted by Gasteiger charge is -2.22. The first kappa shape index (κ1) is 26.6. The molecule has 5 rings (SSSR count). The highest BCUT2D eigenvalue weighted by atomic mass is 19.4. The van der Waals surface area contributed by atoms with Crippen LogP contribution in [0.3, 0.4) is 0 Å². The van der Waals surface area contributed by atoms with Crippen molar-refractivity contribution in [3.63, 3.8) is 0 Å². The first-order valence-corrected chi connectivity index (χ1v) is 13.0. The van der Waals surface area contributed by atoms with Crippen molar-refractivity contribution in [1.82, 2.24) is 14.9 Å². The summed E-state index contributed by atoms with van der Waals surface area (Å²) in [5.74, 6) is 0.683. The molecule has 2 aromatic carbocycles. The van der Waals surface area contributed by atoms with Crippen molar-refractivity contribution in [2.45, 2.75) is 57.8 Å². The molecule has 39 heavy (non-hydrogen) atoms. The summed E-state index contributed by atoms with van der Waals surface area (Å²) in [6.45, 7) is 3.63. The Hall–Kier alpha value is -3.95. The third kappa shape index (κ3) is 6.05. The van der Waals surface area contributed by atoms with Gasteiger partial charge < -0.3 is 25.3 Å². The molecule has 7 nitrogen and oxygen atoms in total. The van der Waals surface area contributed by atoms with E-state index >= 15 is 0 Å². The van der Waals surface area contributed by atoms with Crippen molar-refractivity contribution in [1.29, 1.82) is 0 Å². The summed E-state index contributed by atoms with van der Waals surface area (Å²) in [6.07, 6.45) is 3.00. The van der Waals surface area contributed by atoms with Crippen LogP contribution in [-0.4, -0.2) is 41.3 Å². The second kappa shape index (κ2) is 10.7. The number of rotatable bonds is 9. The highest BCUT2D eigenvalue weighted by Crippen LogP contribution is 2.36. The van der Waals surface area contributed by atoms with Gasteiger partial charge >= 0.3 is 6.18 Å². The number of hydrogen-bond acceptors (Lipinski definition) is 5. The molecule has 1 heterocycles. The molecule has 1 fully saturated rings. The molecule has 1 aromatic heterocycles. The van der Waals surface area contributed by atoms with Gasteiger partial charge in [-0.3, -0.25) is 4.79 Å². The van der Waals surface area contributed by atoms with Gasteiger partial charge in [0, 0.05) is 35.1 Å². The van der Waals surface area contributed by atoms with Gasteiger partial charge in [-0.25, -0.2) is 4.98 Å². The Morgan fingerprint density at radius 3 is 2.67 bits per heavy atom. The Bertz CT molecular complexity index is 1450. The number of hydrogen-bond donors (Lipinski definition) is 3. The molecule has 0 radical (unpaired) electrons. The number of nitrogens with one attached hydrogen (secondary N) is 3. The van der Waals surface area contributed by atoms with Gasteiger partial charge in [0.1, 0.15) is 11.3 Å². The lowest BCUT2D eigenvalue weighted by molar-refractivity contribution is -0.131. The van der Waals surface area contributed by atoms with Crippen LogP contribution >= 0.6 is 0 Å². The molecule has 206 valence electrons. The highest BCUT2D eigenvalue weighted by Gasteiger charge is 2.28. The van der Waals surface area contributed by atoms with Crippen LogP contribution in [0.2, 0.25) is 0 Å². The molecule has 1 amide bonds. The topological polar surface area (TPSA) is 80.2 Å². The maximum Gasteiger partial charge on any atom is 0.390 e. The zero-order valence-corrected chi connectivity index (χ0v) is 22.2. The number of allylic oxidation sites excluding steroid dienone is 2. The molecule has 1 unspecified atom stereocenters. The van der Waals surface area contributed by atoms with E-state index in [1.807, 2.05) is 54.8 Å². The molecular formula is C29H32F3N5O2. The van der Waals surface area contributed by atoms with E-state index in [1.54, 1.807) is 19.5 Å². The van der Waals surface area contributed by atoms with Gasteiger partial charge in [-0.2, -0.15) is 13.2 Å². The van der Waals surface area contributed by atoms with Crippen LogP contribution in [-0.2, 0) is 4.79 Å². The minimum Gasteiger partial charge on any atom is -0.496 e. The van der Waals surface area contributed by atoms with Gasteiger partial charge in [-0.05, 0) is 57.4 Å². The molecule has 1 atom stereocenters. The quantitative estimate of drug-likeness (QED) is 0.287. The number of alkyl halides is 3. The van der Waals surface area contributed by atoms with Crippen LogP contribution in [0.4, 0.5) is 30.2 Å². The average Bonchev–Trinajstić information content (AvgIpc) is 3.59. The van der Waals surface area contributed by atoms with Crippen molar-refractivity contribution in [3.8, 4) is 5.75 Å². The molecule has 2 aliphatic rings. The Morgan fingerprint density at radius 1 is 1.18 bits per heavy atom. The lowest BCUT2D eigenvalue weighted by Crippen LogP contribution is -2.28. The van der Waals surface area contributed by atoms with Crippen LogP contribution in [0.5, 0.6) is 5.75 Å². The molecule has 3 aromatic rings. The minimum atomic E-state index is -4.26. The number of methoxy groups -OCH3 is 1. The van der Waals surface area contributed by atoms with Crippen molar-refractivity contribution in [2.24, 2.45) is 0 Å². The first-order valence-electron chi connectivity index (χ1n) is 13.0. The van der Waals surface area contributed by atoms with Crippen LogP contribution < -0.4 is 20.7 Å². The molecule has 0 aliphatic heterocycles. The van der Waals surface area contributed by atoms with E-state index in [0.717, 1.165) is 40.9 Å². The predicted octanol–water partition coefficient (Wildman–Crippen LogP) is 6.56. The van der Waals surface area contributed by atoms with Gasteiger partial charge in [-0.1, -0.05) is 23.8 Å². The minimum absolute atomic E-state index is 0.0449. The van der Waals surface area contributed by atoms with Crippen LogP contribution in [0, 0.1) is 6.92 Å². The summed E-state index contributed by atoms with van der Waals surface area (Å²) in [7, 11) is 1.61. The summed E-state index contributed by atoms with van der Waals surface area (Å²) in [4.78, 5) is 17.2. The van der Waals surface area contributed by atoms with Gasteiger partial charge in [0.05, 0.1) is 37.1 Å². The van der Waals surface area contributed by atoms with Crippen LogP contribution in [0.25, 0.3) is 11.0 Å². The van der Waals surface area contributed by atoms with Crippen molar-refractivity contribution < 1.29 is 22.7 Å². The standard InChI is InChI=1S/C29H32F3N5O2/c1-17-13-21(9-10-22(17)28(38)36-19-7-8-19)37-16-34-27-24(33-12-11-29(30,31)32)14-20(15-25(27)37)35-23-5-4-6-26(39-3)18(23)2/h4-6,9-10,14-16,19,21,33,35H,7-8,11-13H2,1-3H3,(H,36,38). The fourth-order valence-electron chi connectivity index (χ4n) is 4.86. The van der Waals surface area contributed by atoms with Gasteiger partial charge in [0.15, 0.2) is 0 Å². The largest absolute Gasteiger partial charge is 0.496 e. The summed E-state index contributed by atoms with van der Waals surface area (Å²) in [5, 5.41) is 9.38. The van der Waals surface area contributed by atoms with Gasteiger partial charge in [-0.15, -0.1) is 0 Å². The highest BCUT2D eigenvalue weighted by molar-refractivity contribution is 5.97. The van der Waals surface area contributed by atoms with E-state index in [-0.39, 0.29) is 24.5 Å². The SMILES string of the molecule is COc1cccc(Nc2cc(NCCC(F)(F)F)c3ncn(C4C=CC(C(=O)NC5CC5)=C(C)C4)c3c2)c1C. The Morgan fingerprint density at radius 2 is 1.97 bits per heavy atom. The number of nitrogens with zero attached hydrogens (tertiary/aromatic N) is 2.